The molecule has 0 amide bonds. The summed E-state index contributed by atoms with van der Waals surface area (Å²) in [6.45, 7) is 2.26. The second kappa shape index (κ2) is 3.85. The maximum absolute atomic E-state index is 10.2. The standard InChI is InChI=1S/C17H20O3/c18-16-17-13-6-11(13)15(17)12(14(17)9-20-16)8-19-7-10-4-2-1-3-5-10/h1-5,11-16,18H,6-9H2/t11-,12-,13+,14-,15-,16+,17?/m0/s1. The third-order valence-corrected chi connectivity index (χ3v) is 6.42. The van der Waals surface area contributed by atoms with Crippen molar-refractivity contribution in [3.05, 3.63) is 35.9 Å². The molecule has 1 aliphatic heterocycles. The third-order valence-electron chi connectivity index (χ3n) is 6.42. The Morgan fingerprint density at radius 1 is 1.25 bits per heavy atom. The summed E-state index contributed by atoms with van der Waals surface area (Å²) in [6, 6.07) is 10.3. The number of hydrogen-bond donors (Lipinski definition) is 1. The molecule has 1 aromatic rings. The van der Waals surface area contributed by atoms with E-state index in [-0.39, 0.29) is 5.41 Å². The van der Waals surface area contributed by atoms with Gasteiger partial charge >= 0.3 is 0 Å². The smallest absolute Gasteiger partial charge is 0.161 e. The molecule has 3 saturated carbocycles. The highest BCUT2D eigenvalue weighted by atomic mass is 16.6. The second-order valence-electron chi connectivity index (χ2n) is 6.99. The van der Waals surface area contributed by atoms with Gasteiger partial charge in [0, 0.05) is 5.41 Å². The Bertz CT molecular complexity index is 522. The average Bonchev–Trinajstić information content (AvgIpc) is 3.07. The predicted octanol–water partition coefficient (Wildman–Crippen LogP) is 2.05. The van der Waals surface area contributed by atoms with E-state index < -0.39 is 6.29 Å². The van der Waals surface area contributed by atoms with E-state index in [9.17, 15) is 5.11 Å². The number of rotatable bonds is 4. The monoisotopic (exact) mass is 272 g/mol. The van der Waals surface area contributed by atoms with Crippen LogP contribution in [0.5, 0.6) is 0 Å². The van der Waals surface area contributed by atoms with Crippen molar-refractivity contribution in [2.45, 2.75) is 19.3 Å². The van der Waals surface area contributed by atoms with Crippen LogP contribution in [0.3, 0.4) is 0 Å². The van der Waals surface area contributed by atoms with E-state index in [2.05, 4.69) is 24.3 Å². The fourth-order valence-corrected chi connectivity index (χ4v) is 5.64. The first-order valence-corrected chi connectivity index (χ1v) is 7.75. The van der Waals surface area contributed by atoms with Crippen molar-refractivity contribution >= 4 is 0 Å². The van der Waals surface area contributed by atoms with Crippen molar-refractivity contribution in [2.24, 2.45) is 35.0 Å². The zero-order valence-electron chi connectivity index (χ0n) is 11.4. The molecule has 20 heavy (non-hydrogen) atoms. The molecule has 1 unspecified atom stereocenters. The number of fused-ring (bicyclic) bond motifs is 2. The molecular weight excluding hydrogens is 252 g/mol. The van der Waals surface area contributed by atoms with Crippen LogP contribution in [0.25, 0.3) is 0 Å². The lowest BCUT2D eigenvalue weighted by Crippen LogP contribution is -2.68. The molecule has 1 aromatic carbocycles. The van der Waals surface area contributed by atoms with Crippen molar-refractivity contribution in [1.29, 1.82) is 0 Å². The van der Waals surface area contributed by atoms with Gasteiger partial charge < -0.3 is 14.6 Å². The van der Waals surface area contributed by atoms with Gasteiger partial charge in [0.15, 0.2) is 6.29 Å². The molecule has 5 rings (SSSR count). The van der Waals surface area contributed by atoms with Crippen LogP contribution in [0.1, 0.15) is 12.0 Å². The van der Waals surface area contributed by atoms with Gasteiger partial charge in [-0.05, 0) is 41.6 Å². The van der Waals surface area contributed by atoms with Crippen molar-refractivity contribution in [3.8, 4) is 0 Å². The third kappa shape index (κ3) is 1.23. The minimum absolute atomic E-state index is 0.144. The predicted molar refractivity (Wildman–Crippen MR) is 72.6 cm³/mol. The lowest BCUT2D eigenvalue weighted by molar-refractivity contribution is -0.266. The van der Waals surface area contributed by atoms with E-state index in [0.717, 1.165) is 25.0 Å². The number of aliphatic hydroxyl groups is 1. The molecule has 106 valence electrons. The van der Waals surface area contributed by atoms with Crippen molar-refractivity contribution < 1.29 is 14.6 Å². The summed E-state index contributed by atoms with van der Waals surface area (Å²) in [5, 5.41) is 10.2. The van der Waals surface area contributed by atoms with Gasteiger partial charge in [-0.2, -0.15) is 0 Å². The summed E-state index contributed by atoms with van der Waals surface area (Å²) in [6.07, 6.45) is 0.822. The summed E-state index contributed by atoms with van der Waals surface area (Å²) < 4.78 is 11.5. The van der Waals surface area contributed by atoms with E-state index in [0.29, 0.717) is 24.4 Å². The van der Waals surface area contributed by atoms with Crippen LogP contribution in [-0.4, -0.2) is 24.6 Å². The van der Waals surface area contributed by atoms with Crippen molar-refractivity contribution in [2.75, 3.05) is 13.2 Å². The highest BCUT2D eigenvalue weighted by Gasteiger charge is 2.86. The van der Waals surface area contributed by atoms with Gasteiger partial charge in [-0.3, -0.25) is 0 Å². The van der Waals surface area contributed by atoms with E-state index >= 15 is 0 Å². The van der Waals surface area contributed by atoms with Crippen LogP contribution >= 0.6 is 0 Å². The molecular formula is C17H20O3. The molecule has 1 saturated heterocycles. The maximum Gasteiger partial charge on any atom is 0.161 e. The van der Waals surface area contributed by atoms with Gasteiger partial charge in [-0.1, -0.05) is 30.3 Å². The minimum Gasteiger partial charge on any atom is -0.376 e. The van der Waals surface area contributed by atoms with E-state index in [1.807, 2.05) is 6.07 Å². The second-order valence-corrected chi connectivity index (χ2v) is 6.99. The van der Waals surface area contributed by atoms with Crippen LogP contribution in [0.2, 0.25) is 0 Å². The highest BCUT2D eigenvalue weighted by Crippen LogP contribution is 2.86. The molecule has 7 atom stereocenters. The van der Waals surface area contributed by atoms with E-state index in [1.54, 1.807) is 0 Å². The molecule has 3 nitrogen and oxygen atoms in total. The van der Waals surface area contributed by atoms with Gasteiger partial charge in [0.2, 0.25) is 0 Å². The molecule has 4 aliphatic rings. The lowest BCUT2D eigenvalue weighted by atomic mass is 9.38. The fraction of sp³-hybridized carbons (Fsp3) is 0.647. The van der Waals surface area contributed by atoms with Crippen LogP contribution in [-0.2, 0) is 16.1 Å². The summed E-state index contributed by atoms with van der Waals surface area (Å²) in [4.78, 5) is 0. The molecule has 0 aromatic heterocycles. The quantitative estimate of drug-likeness (QED) is 0.911. The first-order valence-electron chi connectivity index (χ1n) is 7.75. The first kappa shape index (κ1) is 11.7. The topological polar surface area (TPSA) is 38.7 Å². The number of ether oxygens (including phenoxy) is 2. The van der Waals surface area contributed by atoms with Gasteiger partial charge in [0.1, 0.15) is 0 Å². The summed E-state index contributed by atoms with van der Waals surface area (Å²) in [5.41, 5.74) is 1.38. The maximum atomic E-state index is 10.2. The average molecular weight is 272 g/mol. The Balaban J connectivity index is 1.24. The van der Waals surface area contributed by atoms with Crippen LogP contribution in [0.15, 0.2) is 30.3 Å². The Morgan fingerprint density at radius 2 is 2.10 bits per heavy atom. The van der Waals surface area contributed by atoms with Crippen LogP contribution < -0.4 is 0 Å². The summed E-state index contributed by atoms with van der Waals surface area (Å²) in [5.74, 6) is 3.46. The molecule has 3 heteroatoms. The molecule has 1 heterocycles. The van der Waals surface area contributed by atoms with Crippen molar-refractivity contribution in [3.63, 3.8) is 0 Å². The fourth-order valence-electron chi connectivity index (χ4n) is 5.64. The Hall–Kier alpha value is -0.900. The molecule has 0 radical (unpaired) electrons. The molecule has 0 bridgehead atoms. The molecule has 1 N–H and O–H groups in total. The zero-order valence-corrected chi connectivity index (χ0v) is 11.4. The Morgan fingerprint density at radius 3 is 2.95 bits per heavy atom. The highest BCUT2D eigenvalue weighted by molar-refractivity contribution is 5.31. The summed E-state index contributed by atoms with van der Waals surface area (Å²) in [7, 11) is 0. The molecule has 4 fully saturated rings. The van der Waals surface area contributed by atoms with Gasteiger partial charge in [0.25, 0.3) is 0 Å². The number of benzene rings is 1. The summed E-state index contributed by atoms with van der Waals surface area (Å²) >= 11 is 0. The Labute approximate surface area is 118 Å². The molecule has 3 aliphatic carbocycles. The lowest BCUT2D eigenvalue weighted by Gasteiger charge is -2.65. The largest absolute Gasteiger partial charge is 0.376 e. The van der Waals surface area contributed by atoms with Crippen LogP contribution in [0.4, 0.5) is 0 Å². The number of hydrogen-bond acceptors (Lipinski definition) is 3. The number of aliphatic hydroxyl groups excluding tert-OH is 1. The normalized spacial score (nSPS) is 50.5. The minimum atomic E-state index is -0.494. The van der Waals surface area contributed by atoms with Crippen molar-refractivity contribution in [1.82, 2.24) is 0 Å². The zero-order chi connectivity index (χ0) is 13.3. The van der Waals surface area contributed by atoms with E-state index in [4.69, 9.17) is 9.47 Å². The SMILES string of the molecule is O[C@@H]1OC[C@H]2[C@H](COCc3ccccc3)[C@@H]3[C@H]4C[C@H]4C312. The Kier molecular flexibility index (Phi) is 2.25. The van der Waals surface area contributed by atoms with Gasteiger partial charge in [-0.15, -0.1) is 0 Å². The van der Waals surface area contributed by atoms with Gasteiger partial charge in [-0.25, -0.2) is 0 Å². The molecule has 1 spiro atoms. The first-order chi connectivity index (χ1) is 9.83. The van der Waals surface area contributed by atoms with Gasteiger partial charge in [0.05, 0.1) is 19.8 Å². The van der Waals surface area contributed by atoms with Crippen LogP contribution in [0, 0.1) is 35.0 Å². The van der Waals surface area contributed by atoms with E-state index in [1.165, 1.54) is 12.0 Å².